The Labute approximate surface area is 168 Å². The van der Waals surface area contributed by atoms with Crippen LogP contribution in [0.2, 0.25) is 0 Å². The molecule has 3 heterocycles. The van der Waals surface area contributed by atoms with Crippen LogP contribution in [0.3, 0.4) is 0 Å². The van der Waals surface area contributed by atoms with Gasteiger partial charge in [0.1, 0.15) is 18.0 Å². The lowest BCUT2D eigenvalue weighted by Crippen LogP contribution is -2.27. The predicted octanol–water partition coefficient (Wildman–Crippen LogP) is 2.53. The Morgan fingerprint density at radius 2 is 2.07 bits per heavy atom. The molecule has 7 nitrogen and oxygen atoms in total. The van der Waals surface area contributed by atoms with Gasteiger partial charge in [-0.15, -0.1) is 11.3 Å². The largest absolute Gasteiger partial charge is 0.363 e. The van der Waals surface area contributed by atoms with Crippen molar-refractivity contribution in [3.05, 3.63) is 63.6 Å². The van der Waals surface area contributed by atoms with E-state index < -0.39 is 24.1 Å². The molecule has 0 saturated carbocycles. The van der Waals surface area contributed by atoms with E-state index in [1.165, 1.54) is 23.7 Å². The molecule has 3 aromatic rings. The van der Waals surface area contributed by atoms with Gasteiger partial charge in [0.2, 0.25) is 0 Å². The van der Waals surface area contributed by atoms with Crippen LogP contribution in [0.1, 0.15) is 4.88 Å². The normalized spacial score (nSPS) is 11.0. The number of thiophene rings is 1. The minimum Gasteiger partial charge on any atom is -0.363 e. The summed E-state index contributed by atoms with van der Waals surface area (Å²) in [6.45, 7) is -0.851. The maximum absolute atomic E-state index is 14.4. The van der Waals surface area contributed by atoms with Gasteiger partial charge in [0, 0.05) is 42.9 Å². The first-order valence-corrected chi connectivity index (χ1v) is 9.39. The summed E-state index contributed by atoms with van der Waals surface area (Å²) in [4.78, 5) is 19.5. The minimum absolute atomic E-state index is 0.0572. The van der Waals surface area contributed by atoms with Crippen LogP contribution in [0.4, 0.5) is 19.0 Å². The molecule has 0 fully saturated rings. The number of halogens is 3. The molecule has 0 saturated heterocycles. The molecule has 0 radical (unpaired) electrons. The third-order valence-corrected chi connectivity index (χ3v) is 5.36. The van der Waals surface area contributed by atoms with E-state index >= 15 is 0 Å². The van der Waals surface area contributed by atoms with Crippen LogP contribution in [-0.4, -0.2) is 40.0 Å². The fraction of sp³-hybridized carbons (Fsp3) is 0.278. The first-order chi connectivity index (χ1) is 13.8. The summed E-state index contributed by atoms with van der Waals surface area (Å²) in [5.41, 5.74) is 5.02. The maximum atomic E-state index is 14.4. The van der Waals surface area contributed by atoms with E-state index in [9.17, 15) is 18.0 Å². The van der Waals surface area contributed by atoms with Gasteiger partial charge in [-0.25, -0.2) is 18.9 Å². The summed E-state index contributed by atoms with van der Waals surface area (Å²) in [5.74, 6) is 0.319. The van der Waals surface area contributed by atoms with E-state index in [1.54, 1.807) is 6.20 Å². The third-order valence-electron chi connectivity index (χ3n) is 4.21. The molecule has 0 bridgehead atoms. The second-order valence-corrected chi connectivity index (χ2v) is 7.59. The highest BCUT2D eigenvalue weighted by Crippen LogP contribution is 2.31. The van der Waals surface area contributed by atoms with Gasteiger partial charge in [0.05, 0.1) is 18.0 Å². The summed E-state index contributed by atoms with van der Waals surface area (Å²) < 4.78 is 42.0. The van der Waals surface area contributed by atoms with E-state index in [1.807, 2.05) is 31.1 Å². The molecule has 29 heavy (non-hydrogen) atoms. The van der Waals surface area contributed by atoms with Crippen molar-refractivity contribution in [1.82, 2.24) is 19.3 Å². The van der Waals surface area contributed by atoms with Crippen molar-refractivity contribution in [3.8, 4) is 10.4 Å². The maximum Gasteiger partial charge on any atom is 0.346 e. The monoisotopic (exact) mass is 424 g/mol. The zero-order valence-electron chi connectivity index (χ0n) is 15.8. The fourth-order valence-electron chi connectivity index (χ4n) is 2.58. The van der Waals surface area contributed by atoms with Crippen molar-refractivity contribution in [2.75, 3.05) is 25.5 Å². The molecule has 0 aromatic carbocycles. The van der Waals surface area contributed by atoms with Crippen LogP contribution in [0.15, 0.2) is 47.2 Å². The molecule has 0 aliphatic rings. The first kappa shape index (κ1) is 20.8. The van der Waals surface area contributed by atoms with Crippen molar-refractivity contribution in [3.63, 3.8) is 0 Å². The molecule has 0 unspecified atom stereocenters. The van der Waals surface area contributed by atoms with Crippen LogP contribution >= 0.6 is 11.3 Å². The standard InChI is InChI=1S/C18H19F3N6OS/c1-25(2)16-4-3-11(7-23-16)14-5-13(19)15(29-14)9-26-10-24-27(18(26)28)8-12(6-22)17(20)21/h3-5,7,10H,6,8-9,22H2,1-2H3. The van der Waals surface area contributed by atoms with Crippen molar-refractivity contribution in [1.29, 1.82) is 0 Å². The zero-order chi connectivity index (χ0) is 21.1. The van der Waals surface area contributed by atoms with Gasteiger partial charge in [-0.2, -0.15) is 13.9 Å². The number of hydrogen-bond acceptors (Lipinski definition) is 6. The fourth-order valence-corrected chi connectivity index (χ4v) is 3.61. The molecular weight excluding hydrogens is 405 g/mol. The summed E-state index contributed by atoms with van der Waals surface area (Å²) in [5, 5.41) is 3.81. The van der Waals surface area contributed by atoms with Crippen molar-refractivity contribution in [2.45, 2.75) is 13.1 Å². The Morgan fingerprint density at radius 3 is 2.66 bits per heavy atom. The molecule has 3 aromatic heterocycles. The minimum atomic E-state index is -1.93. The Balaban J connectivity index is 1.81. The van der Waals surface area contributed by atoms with Gasteiger partial charge >= 0.3 is 5.69 Å². The zero-order valence-corrected chi connectivity index (χ0v) is 16.6. The van der Waals surface area contributed by atoms with Gasteiger partial charge in [-0.05, 0) is 18.2 Å². The molecule has 0 aliphatic heterocycles. The molecule has 0 spiro atoms. The smallest absolute Gasteiger partial charge is 0.346 e. The lowest BCUT2D eigenvalue weighted by molar-refractivity contribution is 0.400. The Kier molecular flexibility index (Phi) is 6.18. The molecule has 11 heteroatoms. The topological polar surface area (TPSA) is 82.0 Å². The summed E-state index contributed by atoms with van der Waals surface area (Å²) in [7, 11) is 3.74. The highest BCUT2D eigenvalue weighted by atomic mass is 32.1. The van der Waals surface area contributed by atoms with E-state index in [2.05, 4.69) is 10.1 Å². The molecule has 154 valence electrons. The molecule has 0 atom stereocenters. The van der Waals surface area contributed by atoms with Gasteiger partial charge in [0.25, 0.3) is 6.08 Å². The van der Waals surface area contributed by atoms with Gasteiger partial charge in [-0.1, -0.05) is 0 Å². The molecule has 0 amide bonds. The lowest BCUT2D eigenvalue weighted by atomic mass is 10.2. The lowest BCUT2D eigenvalue weighted by Gasteiger charge is -2.10. The second kappa shape index (κ2) is 8.62. The van der Waals surface area contributed by atoms with Crippen molar-refractivity contribution in [2.24, 2.45) is 5.73 Å². The van der Waals surface area contributed by atoms with Crippen LogP contribution < -0.4 is 16.3 Å². The summed E-state index contributed by atoms with van der Waals surface area (Å²) in [6, 6.07) is 5.05. The Hall–Kier alpha value is -2.92. The summed E-state index contributed by atoms with van der Waals surface area (Å²) in [6.07, 6.45) is 0.913. The van der Waals surface area contributed by atoms with E-state index in [-0.39, 0.29) is 18.7 Å². The van der Waals surface area contributed by atoms with Gasteiger partial charge < -0.3 is 10.6 Å². The SMILES string of the molecule is CN(C)c1ccc(-c2cc(F)c(Cn3cnn(CC(CN)=C(F)F)c3=O)s2)cn1. The molecular formula is C18H19F3N6OS. The highest BCUT2D eigenvalue weighted by Gasteiger charge is 2.15. The third kappa shape index (κ3) is 4.57. The van der Waals surface area contributed by atoms with Crippen molar-refractivity contribution < 1.29 is 13.2 Å². The average Bonchev–Trinajstić information content (AvgIpc) is 3.23. The number of nitrogens with zero attached hydrogens (tertiary/aromatic N) is 5. The molecule has 0 aliphatic carbocycles. The van der Waals surface area contributed by atoms with Crippen LogP contribution in [0.25, 0.3) is 10.4 Å². The quantitative estimate of drug-likeness (QED) is 0.630. The van der Waals surface area contributed by atoms with Crippen LogP contribution in [0, 0.1) is 5.82 Å². The molecule has 2 N–H and O–H groups in total. The first-order valence-electron chi connectivity index (χ1n) is 8.57. The number of anilines is 1. The van der Waals surface area contributed by atoms with Crippen LogP contribution in [-0.2, 0) is 13.1 Å². The number of aromatic nitrogens is 4. The number of rotatable bonds is 7. The van der Waals surface area contributed by atoms with Crippen LogP contribution in [0.5, 0.6) is 0 Å². The summed E-state index contributed by atoms with van der Waals surface area (Å²) >= 11 is 1.19. The highest BCUT2D eigenvalue weighted by molar-refractivity contribution is 7.15. The number of pyridine rings is 1. The van der Waals surface area contributed by atoms with E-state index in [4.69, 9.17) is 5.73 Å². The van der Waals surface area contributed by atoms with E-state index in [0.717, 1.165) is 20.6 Å². The second-order valence-electron chi connectivity index (χ2n) is 6.45. The average molecular weight is 424 g/mol. The Morgan fingerprint density at radius 1 is 1.31 bits per heavy atom. The van der Waals surface area contributed by atoms with Gasteiger partial charge in [-0.3, -0.25) is 4.57 Å². The predicted molar refractivity (Wildman–Crippen MR) is 106 cm³/mol. The van der Waals surface area contributed by atoms with Gasteiger partial charge in [0.15, 0.2) is 0 Å². The number of hydrogen-bond donors (Lipinski definition) is 1. The molecule has 3 rings (SSSR count). The van der Waals surface area contributed by atoms with E-state index in [0.29, 0.717) is 9.75 Å². The Bertz CT molecular complexity index is 1080. The number of nitrogens with two attached hydrogens (primary N) is 1. The van der Waals surface area contributed by atoms with Crippen molar-refractivity contribution >= 4 is 17.2 Å².